The van der Waals surface area contributed by atoms with Gasteiger partial charge in [0.25, 0.3) is 0 Å². The minimum absolute atomic E-state index is 0.0115. The monoisotopic (exact) mass is 223 g/mol. The SMILES string of the molecule is CCOCC(=O)Nc1cccc(B(O)O)c1. The molecule has 0 radical (unpaired) electrons. The van der Waals surface area contributed by atoms with E-state index in [1.54, 1.807) is 25.1 Å². The highest BCUT2D eigenvalue weighted by atomic mass is 16.5. The van der Waals surface area contributed by atoms with Gasteiger partial charge in [0.2, 0.25) is 5.91 Å². The van der Waals surface area contributed by atoms with Crippen molar-refractivity contribution in [3.63, 3.8) is 0 Å². The summed E-state index contributed by atoms with van der Waals surface area (Å²) in [5, 5.41) is 20.5. The van der Waals surface area contributed by atoms with E-state index in [2.05, 4.69) is 5.32 Å². The number of amides is 1. The zero-order valence-electron chi connectivity index (χ0n) is 9.01. The molecule has 0 saturated carbocycles. The summed E-state index contributed by atoms with van der Waals surface area (Å²) in [4.78, 5) is 11.3. The van der Waals surface area contributed by atoms with Gasteiger partial charge >= 0.3 is 7.12 Å². The number of hydrogen-bond acceptors (Lipinski definition) is 4. The highest BCUT2D eigenvalue weighted by molar-refractivity contribution is 6.58. The second kappa shape index (κ2) is 6.27. The van der Waals surface area contributed by atoms with E-state index in [1.807, 2.05) is 0 Å². The molecule has 1 rings (SSSR count). The average molecular weight is 223 g/mol. The Morgan fingerprint density at radius 3 is 2.88 bits per heavy atom. The number of ether oxygens (including phenoxy) is 1. The Labute approximate surface area is 94.2 Å². The molecule has 0 unspecified atom stereocenters. The molecule has 0 saturated heterocycles. The molecule has 3 N–H and O–H groups in total. The number of rotatable bonds is 5. The van der Waals surface area contributed by atoms with Crippen molar-refractivity contribution in [2.24, 2.45) is 0 Å². The van der Waals surface area contributed by atoms with Crippen molar-refractivity contribution in [2.45, 2.75) is 6.92 Å². The van der Waals surface area contributed by atoms with Crippen LogP contribution in [-0.2, 0) is 9.53 Å². The van der Waals surface area contributed by atoms with Crippen LogP contribution >= 0.6 is 0 Å². The quantitative estimate of drug-likeness (QED) is 0.579. The second-order valence-corrected chi connectivity index (χ2v) is 3.18. The molecule has 1 amide bonds. The lowest BCUT2D eigenvalue weighted by atomic mass is 9.80. The lowest BCUT2D eigenvalue weighted by Crippen LogP contribution is -2.30. The zero-order valence-corrected chi connectivity index (χ0v) is 9.01. The maximum atomic E-state index is 11.3. The largest absolute Gasteiger partial charge is 0.488 e. The van der Waals surface area contributed by atoms with Crippen molar-refractivity contribution in [1.29, 1.82) is 0 Å². The van der Waals surface area contributed by atoms with Gasteiger partial charge in [-0.3, -0.25) is 4.79 Å². The smallest absolute Gasteiger partial charge is 0.423 e. The van der Waals surface area contributed by atoms with Crippen LogP contribution in [0.2, 0.25) is 0 Å². The molecule has 16 heavy (non-hydrogen) atoms. The van der Waals surface area contributed by atoms with Gasteiger partial charge in [0.05, 0.1) is 0 Å². The Morgan fingerprint density at radius 2 is 2.25 bits per heavy atom. The Balaban J connectivity index is 2.59. The fourth-order valence-electron chi connectivity index (χ4n) is 1.17. The van der Waals surface area contributed by atoms with Crippen molar-refractivity contribution in [3.05, 3.63) is 24.3 Å². The van der Waals surface area contributed by atoms with Crippen molar-refractivity contribution >= 4 is 24.2 Å². The summed E-state index contributed by atoms with van der Waals surface area (Å²) in [7, 11) is -1.54. The topological polar surface area (TPSA) is 78.8 Å². The molecule has 0 aliphatic carbocycles. The Morgan fingerprint density at radius 1 is 1.50 bits per heavy atom. The minimum atomic E-state index is -1.54. The maximum Gasteiger partial charge on any atom is 0.488 e. The second-order valence-electron chi connectivity index (χ2n) is 3.18. The molecule has 0 spiro atoms. The van der Waals surface area contributed by atoms with Crippen molar-refractivity contribution < 1.29 is 19.6 Å². The van der Waals surface area contributed by atoms with Crippen LogP contribution in [0, 0.1) is 0 Å². The first-order valence-corrected chi connectivity index (χ1v) is 4.97. The number of carbonyl (C=O) groups excluding carboxylic acids is 1. The van der Waals surface area contributed by atoms with Crippen LogP contribution in [0.3, 0.4) is 0 Å². The summed E-state index contributed by atoms with van der Waals surface area (Å²) in [5.41, 5.74) is 0.838. The Kier molecular flexibility index (Phi) is 4.98. The molecule has 0 aliphatic heterocycles. The van der Waals surface area contributed by atoms with Gasteiger partial charge in [0.15, 0.2) is 0 Å². The van der Waals surface area contributed by atoms with Crippen LogP contribution in [0.15, 0.2) is 24.3 Å². The van der Waals surface area contributed by atoms with E-state index < -0.39 is 7.12 Å². The summed E-state index contributed by atoms with van der Waals surface area (Å²) >= 11 is 0. The van der Waals surface area contributed by atoms with E-state index in [1.165, 1.54) is 6.07 Å². The highest BCUT2D eigenvalue weighted by Crippen LogP contribution is 2.03. The van der Waals surface area contributed by atoms with Crippen molar-refractivity contribution in [3.8, 4) is 0 Å². The van der Waals surface area contributed by atoms with E-state index in [0.29, 0.717) is 17.8 Å². The number of hydrogen-bond donors (Lipinski definition) is 3. The third kappa shape index (κ3) is 4.02. The van der Waals surface area contributed by atoms with Crippen molar-refractivity contribution in [1.82, 2.24) is 0 Å². The van der Waals surface area contributed by atoms with E-state index in [0.717, 1.165) is 0 Å². The fraction of sp³-hybridized carbons (Fsp3) is 0.300. The molecule has 1 aromatic rings. The van der Waals surface area contributed by atoms with Gasteiger partial charge in [-0.1, -0.05) is 12.1 Å². The Bertz CT molecular complexity index is 356. The number of nitrogens with one attached hydrogen (secondary N) is 1. The first-order valence-electron chi connectivity index (χ1n) is 4.97. The normalized spacial score (nSPS) is 9.94. The third-order valence-electron chi connectivity index (χ3n) is 1.91. The minimum Gasteiger partial charge on any atom is -0.423 e. The van der Waals surface area contributed by atoms with E-state index in [4.69, 9.17) is 14.8 Å². The predicted octanol–water partition coefficient (Wildman–Crippen LogP) is -0.659. The summed E-state index contributed by atoms with van der Waals surface area (Å²) < 4.78 is 4.93. The highest BCUT2D eigenvalue weighted by Gasteiger charge is 2.11. The molecular formula is C10H14BNO4. The van der Waals surface area contributed by atoms with Crippen LogP contribution in [-0.4, -0.2) is 36.3 Å². The van der Waals surface area contributed by atoms with E-state index in [-0.39, 0.29) is 12.5 Å². The number of anilines is 1. The van der Waals surface area contributed by atoms with Crippen LogP contribution < -0.4 is 10.8 Å². The molecule has 0 bridgehead atoms. The van der Waals surface area contributed by atoms with Crippen LogP contribution in [0.4, 0.5) is 5.69 Å². The number of benzene rings is 1. The van der Waals surface area contributed by atoms with Gasteiger partial charge in [0.1, 0.15) is 6.61 Å². The van der Waals surface area contributed by atoms with E-state index >= 15 is 0 Å². The molecule has 5 nitrogen and oxygen atoms in total. The first kappa shape index (κ1) is 12.7. The summed E-state index contributed by atoms with van der Waals surface area (Å²) in [5.74, 6) is -0.272. The molecule has 0 heterocycles. The van der Waals surface area contributed by atoms with E-state index in [9.17, 15) is 4.79 Å². The summed E-state index contributed by atoms with van der Waals surface area (Å²) in [6.45, 7) is 2.27. The lowest BCUT2D eigenvalue weighted by Gasteiger charge is -2.06. The standard InChI is InChI=1S/C10H14BNO4/c1-2-16-7-10(13)12-9-5-3-4-8(6-9)11(14)15/h3-6,14-15H,2,7H2,1H3,(H,12,13). The van der Waals surface area contributed by atoms with Gasteiger partial charge in [-0.15, -0.1) is 0 Å². The molecule has 1 aromatic carbocycles. The van der Waals surface area contributed by atoms with Gasteiger partial charge in [-0.2, -0.15) is 0 Å². The van der Waals surface area contributed by atoms with Gasteiger partial charge in [-0.05, 0) is 24.5 Å². The maximum absolute atomic E-state index is 11.3. The van der Waals surface area contributed by atoms with Crippen LogP contribution in [0.1, 0.15) is 6.92 Å². The summed E-state index contributed by atoms with van der Waals surface area (Å²) in [6.07, 6.45) is 0. The lowest BCUT2D eigenvalue weighted by molar-refractivity contribution is -0.120. The fourth-order valence-corrected chi connectivity index (χ4v) is 1.17. The van der Waals surface area contributed by atoms with Crippen LogP contribution in [0.25, 0.3) is 0 Å². The van der Waals surface area contributed by atoms with Crippen molar-refractivity contribution in [2.75, 3.05) is 18.5 Å². The molecule has 0 atom stereocenters. The molecular weight excluding hydrogens is 209 g/mol. The first-order chi connectivity index (χ1) is 7.63. The van der Waals surface area contributed by atoms with Gasteiger partial charge < -0.3 is 20.1 Å². The van der Waals surface area contributed by atoms with Crippen LogP contribution in [0.5, 0.6) is 0 Å². The third-order valence-corrected chi connectivity index (χ3v) is 1.91. The Hall–Kier alpha value is -1.37. The van der Waals surface area contributed by atoms with Gasteiger partial charge in [0, 0.05) is 12.3 Å². The van der Waals surface area contributed by atoms with Gasteiger partial charge in [-0.25, -0.2) is 0 Å². The molecule has 6 heteroatoms. The predicted molar refractivity (Wildman–Crippen MR) is 61.4 cm³/mol. The zero-order chi connectivity index (χ0) is 12.0. The molecule has 0 fully saturated rings. The average Bonchev–Trinajstić information content (AvgIpc) is 2.26. The molecule has 0 aromatic heterocycles. The molecule has 86 valence electrons. The summed E-state index contributed by atoms with van der Waals surface area (Å²) in [6, 6.07) is 6.35. The number of carbonyl (C=O) groups is 1. The molecule has 0 aliphatic rings.